The fourth-order valence-corrected chi connectivity index (χ4v) is 5.74. The molecular formula is C26H32N8O2S. The number of aromatic amines is 1. The predicted octanol–water partition coefficient (Wildman–Crippen LogP) is 4.40. The summed E-state index contributed by atoms with van der Waals surface area (Å²) in [7, 11) is 3.68. The maximum atomic E-state index is 13.7. The molecule has 0 aliphatic heterocycles. The Morgan fingerprint density at radius 2 is 1.84 bits per heavy atom. The van der Waals surface area contributed by atoms with Crippen LogP contribution in [0.1, 0.15) is 66.6 Å². The van der Waals surface area contributed by atoms with Crippen LogP contribution in [0.5, 0.6) is 0 Å². The summed E-state index contributed by atoms with van der Waals surface area (Å²) < 4.78 is 2.02. The van der Waals surface area contributed by atoms with E-state index in [0.29, 0.717) is 45.7 Å². The van der Waals surface area contributed by atoms with Crippen LogP contribution in [-0.4, -0.2) is 78.3 Å². The molecule has 11 heteroatoms. The number of amides is 2. The molecule has 0 aromatic carbocycles. The van der Waals surface area contributed by atoms with E-state index in [-0.39, 0.29) is 17.9 Å². The number of thiazole rings is 1. The average molecular weight is 521 g/mol. The zero-order chi connectivity index (χ0) is 26.0. The molecule has 1 N–H and O–H groups in total. The van der Waals surface area contributed by atoms with Gasteiger partial charge in [0.1, 0.15) is 21.7 Å². The second-order valence-corrected chi connectivity index (χ2v) is 11.3. The Bertz CT molecular complexity index is 1500. The molecule has 194 valence electrons. The van der Waals surface area contributed by atoms with Gasteiger partial charge in [0.25, 0.3) is 11.8 Å². The summed E-state index contributed by atoms with van der Waals surface area (Å²) >= 11 is 1.33. The van der Waals surface area contributed by atoms with E-state index in [1.807, 2.05) is 43.4 Å². The van der Waals surface area contributed by atoms with Crippen LogP contribution in [-0.2, 0) is 6.54 Å². The van der Waals surface area contributed by atoms with Crippen LogP contribution in [0.15, 0.2) is 18.6 Å². The summed E-state index contributed by atoms with van der Waals surface area (Å²) in [5.41, 5.74) is 2.96. The second kappa shape index (κ2) is 8.83. The number of imidazole rings is 1. The number of aryl methyl sites for hydroxylation is 1. The number of hydrogen-bond acceptors (Lipinski definition) is 7. The first-order chi connectivity index (χ1) is 17.8. The Morgan fingerprint density at radius 1 is 1.14 bits per heavy atom. The number of hydrogen-bond donors (Lipinski definition) is 1. The van der Waals surface area contributed by atoms with E-state index >= 15 is 0 Å². The minimum atomic E-state index is -0.0561. The van der Waals surface area contributed by atoms with Crippen LogP contribution >= 0.6 is 11.3 Å². The number of fused-ring (bicyclic) bond motifs is 3. The quantitative estimate of drug-likeness (QED) is 0.369. The van der Waals surface area contributed by atoms with Gasteiger partial charge in [0.2, 0.25) is 0 Å². The van der Waals surface area contributed by atoms with Crippen molar-refractivity contribution >= 4 is 56.2 Å². The SMILES string of the molecule is CCn1c(C(=O)N(C2CC2)C2CC2)cc2c3[nH]cnc3c(N(C)c3ncc(C(=O)N(C)C(C)C)s3)nc21. The Kier molecular flexibility index (Phi) is 5.70. The molecule has 37 heavy (non-hydrogen) atoms. The van der Waals surface area contributed by atoms with Gasteiger partial charge in [0, 0.05) is 44.2 Å². The molecule has 0 radical (unpaired) electrons. The Hall–Kier alpha value is -3.47. The summed E-state index contributed by atoms with van der Waals surface area (Å²) in [5, 5.41) is 1.53. The van der Waals surface area contributed by atoms with E-state index in [1.165, 1.54) is 11.3 Å². The molecule has 0 unspecified atom stereocenters. The van der Waals surface area contributed by atoms with Crippen molar-refractivity contribution in [2.45, 2.75) is 71.1 Å². The topological polar surface area (TPSA) is 103 Å². The summed E-state index contributed by atoms with van der Waals surface area (Å²) in [5.74, 6) is 0.673. The molecule has 4 aromatic rings. The molecule has 0 spiro atoms. The number of nitrogens with one attached hydrogen (secondary N) is 1. The van der Waals surface area contributed by atoms with Gasteiger partial charge in [-0.3, -0.25) is 9.59 Å². The highest BCUT2D eigenvalue weighted by molar-refractivity contribution is 7.17. The van der Waals surface area contributed by atoms with Crippen molar-refractivity contribution in [1.82, 2.24) is 34.3 Å². The Morgan fingerprint density at radius 3 is 2.46 bits per heavy atom. The molecule has 4 aromatic heterocycles. The number of anilines is 2. The van der Waals surface area contributed by atoms with Gasteiger partial charge in [0.05, 0.1) is 18.0 Å². The van der Waals surface area contributed by atoms with Gasteiger partial charge in [-0.15, -0.1) is 0 Å². The lowest BCUT2D eigenvalue weighted by molar-refractivity contribution is 0.0718. The molecule has 6 rings (SSSR count). The average Bonchev–Trinajstić information content (AvgIpc) is 3.75. The summed E-state index contributed by atoms with van der Waals surface area (Å²) in [4.78, 5) is 50.2. The summed E-state index contributed by atoms with van der Waals surface area (Å²) in [6.07, 6.45) is 7.65. The van der Waals surface area contributed by atoms with Crippen molar-refractivity contribution in [1.29, 1.82) is 0 Å². The van der Waals surface area contributed by atoms with Gasteiger partial charge < -0.3 is 24.3 Å². The molecule has 2 amide bonds. The highest BCUT2D eigenvalue weighted by atomic mass is 32.1. The molecule has 0 atom stereocenters. The van der Waals surface area contributed by atoms with Crippen LogP contribution in [0, 0.1) is 0 Å². The van der Waals surface area contributed by atoms with Crippen molar-refractivity contribution in [3.05, 3.63) is 29.2 Å². The number of carbonyl (C=O) groups excluding carboxylic acids is 2. The number of carbonyl (C=O) groups is 2. The fourth-order valence-electron chi connectivity index (χ4n) is 4.88. The summed E-state index contributed by atoms with van der Waals surface area (Å²) in [6.45, 7) is 6.63. The molecule has 2 saturated carbocycles. The third kappa shape index (κ3) is 3.96. The molecular weight excluding hydrogens is 488 g/mol. The normalized spacial score (nSPS) is 15.6. The zero-order valence-electron chi connectivity index (χ0n) is 21.9. The van der Waals surface area contributed by atoms with Crippen LogP contribution in [0.3, 0.4) is 0 Å². The first kappa shape index (κ1) is 23.9. The fraction of sp³-hybridized carbons (Fsp3) is 0.500. The molecule has 2 fully saturated rings. The Balaban J connectivity index is 1.42. The minimum absolute atomic E-state index is 0.0561. The zero-order valence-corrected chi connectivity index (χ0v) is 22.7. The number of pyridine rings is 1. The molecule has 10 nitrogen and oxygen atoms in total. The van der Waals surface area contributed by atoms with Crippen molar-refractivity contribution < 1.29 is 9.59 Å². The standard InChI is InChI=1S/C26H32N8O2S/c1-6-33-18(24(35)34(15-7-8-15)16-9-10-16)11-17-20-21(29-13-28-20)23(30-22(17)33)32(5)26-27-12-19(37-26)25(36)31(4)14(2)3/h11-16H,6-10H2,1-5H3,(H,28,29). The van der Waals surface area contributed by atoms with Crippen LogP contribution in [0.4, 0.5) is 10.9 Å². The lowest BCUT2D eigenvalue weighted by Crippen LogP contribution is -2.36. The maximum absolute atomic E-state index is 13.7. The van der Waals surface area contributed by atoms with Crippen LogP contribution in [0.2, 0.25) is 0 Å². The number of nitrogens with zero attached hydrogens (tertiary/aromatic N) is 7. The van der Waals surface area contributed by atoms with E-state index in [0.717, 1.165) is 42.2 Å². The monoisotopic (exact) mass is 520 g/mol. The van der Waals surface area contributed by atoms with Crippen LogP contribution in [0.25, 0.3) is 22.1 Å². The predicted molar refractivity (Wildman–Crippen MR) is 145 cm³/mol. The molecule has 0 bridgehead atoms. The lowest BCUT2D eigenvalue weighted by atomic mass is 10.2. The van der Waals surface area contributed by atoms with Gasteiger partial charge in [-0.2, -0.15) is 0 Å². The Labute approximate surface area is 219 Å². The van der Waals surface area contributed by atoms with E-state index in [9.17, 15) is 9.59 Å². The van der Waals surface area contributed by atoms with Gasteiger partial charge in [0.15, 0.2) is 10.9 Å². The maximum Gasteiger partial charge on any atom is 0.271 e. The van der Waals surface area contributed by atoms with Gasteiger partial charge >= 0.3 is 0 Å². The third-order valence-corrected chi connectivity index (χ3v) is 8.52. The van der Waals surface area contributed by atoms with E-state index < -0.39 is 0 Å². The number of rotatable bonds is 8. The molecule has 2 aliphatic carbocycles. The van der Waals surface area contributed by atoms with E-state index in [2.05, 4.69) is 19.9 Å². The van der Waals surface area contributed by atoms with Crippen molar-refractivity contribution in [2.75, 3.05) is 19.0 Å². The second-order valence-electron chi connectivity index (χ2n) is 10.3. The first-order valence-electron chi connectivity index (χ1n) is 13.0. The highest BCUT2D eigenvalue weighted by Crippen LogP contribution is 2.40. The smallest absolute Gasteiger partial charge is 0.271 e. The van der Waals surface area contributed by atoms with Crippen molar-refractivity contribution in [2.24, 2.45) is 0 Å². The lowest BCUT2D eigenvalue weighted by Gasteiger charge is -2.22. The van der Waals surface area contributed by atoms with E-state index in [4.69, 9.17) is 4.98 Å². The van der Waals surface area contributed by atoms with Crippen LogP contribution < -0.4 is 4.90 Å². The van der Waals surface area contributed by atoms with Gasteiger partial charge in [-0.25, -0.2) is 15.0 Å². The van der Waals surface area contributed by atoms with Gasteiger partial charge in [-0.1, -0.05) is 11.3 Å². The minimum Gasteiger partial charge on any atom is -0.344 e. The first-order valence-corrected chi connectivity index (χ1v) is 13.8. The highest BCUT2D eigenvalue weighted by Gasteiger charge is 2.43. The van der Waals surface area contributed by atoms with Crippen molar-refractivity contribution in [3.63, 3.8) is 0 Å². The molecule has 2 aliphatic rings. The van der Waals surface area contributed by atoms with E-state index in [1.54, 1.807) is 24.5 Å². The van der Waals surface area contributed by atoms with Crippen molar-refractivity contribution in [3.8, 4) is 0 Å². The van der Waals surface area contributed by atoms with Gasteiger partial charge in [-0.05, 0) is 52.5 Å². The third-order valence-electron chi connectivity index (χ3n) is 7.45. The summed E-state index contributed by atoms with van der Waals surface area (Å²) in [6, 6.07) is 2.82. The number of aromatic nitrogens is 5. The molecule has 0 saturated heterocycles. The molecule has 4 heterocycles. The number of H-pyrrole nitrogens is 1. The largest absolute Gasteiger partial charge is 0.344 e.